The number of hydrogen-bond acceptors (Lipinski definition) is 4. The minimum atomic E-state index is -3.14. The Hall–Kier alpha value is -1.11. The van der Waals surface area contributed by atoms with Crippen LogP contribution in [-0.4, -0.2) is 48.8 Å². The SMILES string of the molecule is CCS(=O)(=O)N1CCC(O)(CNc2ccccc2)CC1. The molecular weight excluding hydrogens is 276 g/mol. The fourth-order valence-corrected chi connectivity index (χ4v) is 3.47. The van der Waals surface area contributed by atoms with E-state index in [9.17, 15) is 13.5 Å². The smallest absolute Gasteiger partial charge is 0.213 e. The van der Waals surface area contributed by atoms with Crippen LogP contribution in [0.25, 0.3) is 0 Å². The van der Waals surface area contributed by atoms with Gasteiger partial charge in [-0.15, -0.1) is 0 Å². The molecule has 112 valence electrons. The summed E-state index contributed by atoms with van der Waals surface area (Å²) in [5.74, 6) is 0.119. The molecular formula is C14H22N2O3S. The van der Waals surface area contributed by atoms with E-state index in [1.807, 2.05) is 30.3 Å². The van der Waals surface area contributed by atoms with Gasteiger partial charge in [0.05, 0.1) is 11.4 Å². The van der Waals surface area contributed by atoms with E-state index in [-0.39, 0.29) is 5.75 Å². The van der Waals surface area contributed by atoms with Gasteiger partial charge in [0.25, 0.3) is 0 Å². The van der Waals surface area contributed by atoms with Crippen LogP contribution in [0.1, 0.15) is 19.8 Å². The quantitative estimate of drug-likeness (QED) is 0.859. The van der Waals surface area contributed by atoms with Crippen LogP contribution in [0.15, 0.2) is 30.3 Å². The number of nitrogens with zero attached hydrogens (tertiary/aromatic N) is 1. The lowest BCUT2D eigenvalue weighted by molar-refractivity contribution is 0.00719. The van der Waals surface area contributed by atoms with Crippen LogP contribution in [-0.2, 0) is 10.0 Å². The lowest BCUT2D eigenvalue weighted by Gasteiger charge is -2.37. The first kappa shape index (κ1) is 15.3. The van der Waals surface area contributed by atoms with E-state index >= 15 is 0 Å². The molecule has 0 spiro atoms. The van der Waals surface area contributed by atoms with Gasteiger partial charge in [0.2, 0.25) is 10.0 Å². The largest absolute Gasteiger partial charge is 0.388 e. The molecule has 0 saturated carbocycles. The number of rotatable bonds is 5. The average Bonchev–Trinajstić information content (AvgIpc) is 2.47. The Kier molecular flexibility index (Phi) is 4.67. The Labute approximate surface area is 120 Å². The summed E-state index contributed by atoms with van der Waals surface area (Å²) in [6.07, 6.45) is 0.929. The number of anilines is 1. The van der Waals surface area contributed by atoms with E-state index in [4.69, 9.17) is 0 Å². The minimum absolute atomic E-state index is 0.119. The van der Waals surface area contributed by atoms with Crippen molar-refractivity contribution in [1.82, 2.24) is 4.31 Å². The van der Waals surface area contributed by atoms with E-state index in [1.165, 1.54) is 4.31 Å². The number of benzene rings is 1. The molecule has 1 fully saturated rings. The van der Waals surface area contributed by atoms with Crippen LogP contribution in [0, 0.1) is 0 Å². The summed E-state index contributed by atoms with van der Waals surface area (Å²) in [6.45, 7) is 2.87. The minimum Gasteiger partial charge on any atom is -0.388 e. The number of piperidine rings is 1. The van der Waals surface area contributed by atoms with Crippen molar-refractivity contribution in [1.29, 1.82) is 0 Å². The zero-order chi connectivity index (χ0) is 14.6. The first-order valence-electron chi connectivity index (χ1n) is 6.94. The summed E-state index contributed by atoms with van der Waals surface area (Å²) < 4.78 is 25.0. The van der Waals surface area contributed by atoms with Crippen LogP contribution in [0.2, 0.25) is 0 Å². The van der Waals surface area contributed by atoms with Crippen molar-refractivity contribution in [2.45, 2.75) is 25.4 Å². The Morgan fingerprint density at radius 1 is 1.25 bits per heavy atom. The Balaban J connectivity index is 1.88. The number of hydrogen-bond donors (Lipinski definition) is 2. The molecule has 0 atom stereocenters. The van der Waals surface area contributed by atoms with Gasteiger partial charge in [-0.1, -0.05) is 18.2 Å². The summed E-state index contributed by atoms with van der Waals surface area (Å²) >= 11 is 0. The molecule has 1 saturated heterocycles. The van der Waals surface area contributed by atoms with Crippen molar-refractivity contribution in [3.05, 3.63) is 30.3 Å². The predicted molar refractivity (Wildman–Crippen MR) is 80.1 cm³/mol. The molecule has 2 rings (SSSR count). The van der Waals surface area contributed by atoms with Gasteiger partial charge >= 0.3 is 0 Å². The average molecular weight is 298 g/mol. The number of nitrogens with one attached hydrogen (secondary N) is 1. The summed E-state index contributed by atoms with van der Waals surface area (Å²) in [4.78, 5) is 0. The molecule has 5 nitrogen and oxygen atoms in total. The molecule has 0 radical (unpaired) electrons. The van der Waals surface area contributed by atoms with Gasteiger partial charge in [-0.2, -0.15) is 0 Å². The van der Waals surface area contributed by atoms with E-state index < -0.39 is 15.6 Å². The van der Waals surface area contributed by atoms with Crippen molar-refractivity contribution in [2.24, 2.45) is 0 Å². The maximum absolute atomic E-state index is 11.8. The van der Waals surface area contributed by atoms with Crippen LogP contribution >= 0.6 is 0 Å². The number of aliphatic hydroxyl groups is 1. The van der Waals surface area contributed by atoms with Gasteiger partial charge < -0.3 is 10.4 Å². The zero-order valence-corrected chi connectivity index (χ0v) is 12.6. The molecule has 6 heteroatoms. The maximum atomic E-state index is 11.8. The second-order valence-electron chi connectivity index (χ2n) is 5.24. The highest BCUT2D eigenvalue weighted by atomic mass is 32.2. The third-order valence-corrected chi connectivity index (χ3v) is 5.69. The molecule has 0 aromatic heterocycles. The third kappa shape index (κ3) is 3.71. The highest BCUT2D eigenvalue weighted by molar-refractivity contribution is 7.89. The third-order valence-electron chi connectivity index (χ3n) is 3.81. The second kappa shape index (κ2) is 6.11. The highest BCUT2D eigenvalue weighted by Crippen LogP contribution is 2.24. The van der Waals surface area contributed by atoms with Crippen molar-refractivity contribution < 1.29 is 13.5 Å². The van der Waals surface area contributed by atoms with Crippen LogP contribution in [0.5, 0.6) is 0 Å². The predicted octanol–water partition coefficient (Wildman–Crippen LogP) is 1.28. The van der Waals surface area contributed by atoms with Crippen molar-refractivity contribution in [3.8, 4) is 0 Å². The lowest BCUT2D eigenvalue weighted by Crippen LogP contribution is -2.50. The normalized spacial score (nSPS) is 19.7. The summed E-state index contributed by atoms with van der Waals surface area (Å²) in [7, 11) is -3.14. The Morgan fingerprint density at radius 3 is 2.40 bits per heavy atom. The monoisotopic (exact) mass is 298 g/mol. The van der Waals surface area contributed by atoms with E-state index in [1.54, 1.807) is 6.92 Å². The van der Waals surface area contributed by atoms with E-state index in [0.717, 1.165) is 5.69 Å². The van der Waals surface area contributed by atoms with Crippen molar-refractivity contribution >= 4 is 15.7 Å². The van der Waals surface area contributed by atoms with Crippen LogP contribution in [0.4, 0.5) is 5.69 Å². The zero-order valence-electron chi connectivity index (χ0n) is 11.7. The molecule has 1 aromatic carbocycles. The van der Waals surface area contributed by atoms with Crippen LogP contribution < -0.4 is 5.32 Å². The molecule has 1 heterocycles. The van der Waals surface area contributed by atoms with Gasteiger partial charge in [-0.25, -0.2) is 12.7 Å². The van der Waals surface area contributed by atoms with Crippen LogP contribution in [0.3, 0.4) is 0 Å². The number of sulfonamides is 1. The van der Waals surface area contributed by atoms with Crippen molar-refractivity contribution in [3.63, 3.8) is 0 Å². The Morgan fingerprint density at radius 2 is 1.85 bits per heavy atom. The van der Waals surface area contributed by atoms with Gasteiger partial charge in [0.15, 0.2) is 0 Å². The first-order valence-corrected chi connectivity index (χ1v) is 8.55. The molecule has 2 N–H and O–H groups in total. The summed E-state index contributed by atoms with van der Waals surface area (Å²) in [6, 6.07) is 9.69. The molecule has 0 unspecified atom stereocenters. The fraction of sp³-hybridized carbons (Fsp3) is 0.571. The molecule has 1 aromatic rings. The van der Waals surface area contributed by atoms with Gasteiger partial charge in [0.1, 0.15) is 0 Å². The van der Waals surface area contributed by atoms with E-state index in [0.29, 0.717) is 32.5 Å². The molecule has 1 aliphatic heterocycles. The second-order valence-corrected chi connectivity index (χ2v) is 7.50. The molecule has 20 heavy (non-hydrogen) atoms. The topological polar surface area (TPSA) is 69.6 Å². The number of para-hydroxylation sites is 1. The van der Waals surface area contributed by atoms with Gasteiger partial charge in [0, 0.05) is 25.3 Å². The molecule has 0 amide bonds. The molecule has 0 aliphatic carbocycles. The molecule has 1 aliphatic rings. The highest BCUT2D eigenvalue weighted by Gasteiger charge is 2.35. The lowest BCUT2D eigenvalue weighted by atomic mass is 9.92. The molecule has 0 bridgehead atoms. The maximum Gasteiger partial charge on any atom is 0.213 e. The first-order chi connectivity index (χ1) is 9.45. The van der Waals surface area contributed by atoms with Gasteiger partial charge in [-0.05, 0) is 31.9 Å². The van der Waals surface area contributed by atoms with E-state index in [2.05, 4.69) is 5.32 Å². The summed E-state index contributed by atoms with van der Waals surface area (Å²) in [5, 5.41) is 13.7. The fourth-order valence-electron chi connectivity index (χ4n) is 2.36. The van der Waals surface area contributed by atoms with Crippen molar-refractivity contribution in [2.75, 3.05) is 30.7 Å². The Bertz CT molecular complexity index is 523. The van der Waals surface area contributed by atoms with Gasteiger partial charge in [-0.3, -0.25) is 0 Å². The standard InChI is InChI=1S/C14H22N2O3S/c1-2-20(18,19)16-10-8-14(17,9-11-16)12-15-13-6-4-3-5-7-13/h3-7,15,17H,2,8-12H2,1H3. The summed E-state index contributed by atoms with van der Waals surface area (Å²) in [5.41, 5.74) is 0.125.